The van der Waals surface area contributed by atoms with Crippen LogP contribution in [0.4, 0.5) is 5.69 Å². The molecule has 2 aromatic carbocycles. The van der Waals surface area contributed by atoms with E-state index in [1.807, 2.05) is 53.1 Å². The molecule has 0 saturated carbocycles. The number of thioether (sulfide) groups is 1. The van der Waals surface area contributed by atoms with Crippen molar-refractivity contribution < 1.29 is 4.79 Å². The molecule has 0 fully saturated rings. The molecule has 0 aliphatic carbocycles. The average Bonchev–Trinajstić information content (AvgIpc) is 2.89. The fraction of sp³-hybridized carbons (Fsp3) is 0.391. The average molecular weight is 394 g/mol. The maximum Gasteiger partial charge on any atom is 0.241 e. The van der Waals surface area contributed by atoms with Gasteiger partial charge in [-0.25, -0.2) is 0 Å². The zero-order valence-corrected chi connectivity index (χ0v) is 17.6. The molecular weight excluding hydrogens is 366 g/mol. The normalized spacial score (nSPS) is 17.5. The van der Waals surface area contributed by atoms with E-state index in [1.54, 1.807) is 0 Å². The Hall–Kier alpha value is -2.29. The zero-order chi connectivity index (χ0) is 20.1. The lowest BCUT2D eigenvalue weighted by atomic mass is 10.0. The van der Waals surface area contributed by atoms with Crippen molar-refractivity contribution in [3.05, 3.63) is 59.7 Å². The summed E-state index contributed by atoms with van der Waals surface area (Å²) in [4.78, 5) is 18.6. The van der Waals surface area contributed by atoms with Crippen LogP contribution >= 0.6 is 11.8 Å². The van der Waals surface area contributed by atoms with Crippen LogP contribution in [0.3, 0.4) is 0 Å². The number of fused-ring (bicyclic) bond motifs is 1. The summed E-state index contributed by atoms with van der Waals surface area (Å²) in [5.74, 6) is 0.143. The Morgan fingerprint density at radius 3 is 2.68 bits per heavy atom. The first kappa shape index (κ1) is 20.4. The van der Waals surface area contributed by atoms with Crippen LogP contribution in [0.2, 0.25) is 0 Å². The Labute approximate surface area is 172 Å². The van der Waals surface area contributed by atoms with Gasteiger partial charge in [0.1, 0.15) is 0 Å². The molecule has 3 rings (SSSR count). The number of carbonyl (C=O) groups excluding carboxylic acids is 1. The number of anilines is 1. The first-order chi connectivity index (χ1) is 13.5. The fourth-order valence-corrected chi connectivity index (χ4v) is 4.69. The second kappa shape index (κ2) is 9.27. The summed E-state index contributed by atoms with van der Waals surface area (Å²) in [6.45, 7) is 8.35. The van der Waals surface area contributed by atoms with E-state index < -0.39 is 0 Å². The molecule has 0 N–H and O–H groups in total. The second-order valence-corrected chi connectivity index (χ2v) is 8.68. The Morgan fingerprint density at radius 2 is 2.00 bits per heavy atom. The van der Waals surface area contributed by atoms with Gasteiger partial charge in [-0.1, -0.05) is 38.1 Å². The third-order valence-electron chi connectivity index (χ3n) is 5.36. The number of benzene rings is 2. The highest BCUT2D eigenvalue weighted by molar-refractivity contribution is 8.00. The molecule has 4 nitrogen and oxygen atoms in total. The molecule has 0 radical (unpaired) electrons. The molecule has 1 heterocycles. The van der Waals surface area contributed by atoms with Crippen LogP contribution in [0.25, 0.3) is 0 Å². The number of amides is 1. The summed E-state index contributed by atoms with van der Waals surface area (Å²) in [7, 11) is 0. The van der Waals surface area contributed by atoms with Crippen LogP contribution in [0, 0.1) is 11.3 Å². The smallest absolute Gasteiger partial charge is 0.241 e. The Morgan fingerprint density at radius 1 is 1.29 bits per heavy atom. The Bertz CT molecular complexity index is 859. The lowest BCUT2D eigenvalue weighted by Gasteiger charge is -2.31. The summed E-state index contributed by atoms with van der Waals surface area (Å²) in [5.41, 5.74) is 2.81. The van der Waals surface area contributed by atoms with E-state index in [1.165, 1.54) is 4.90 Å². The highest BCUT2D eigenvalue weighted by Crippen LogP contribution is 2.37. The summed E-state index contributed by atoms with van der Waals surface area (Å²) >= 11 is 1.85. The number of hydrogen-bond acceptors (Lipinski definition) is 4. The molecule has 1 aliphatic heterocycles. The van der Waals surface area contributed by atoms with E-state index in [0.29, 0.717) is 17.4 Å². The predicted octanol–water partition coefficient (Wildman–Crippen LogP) is 4.86. The first-order valence-electron chi connectivity index (χ1n) is 9.83. The summed E-state index contributed by atoms with van der Waals surface area (Å²) in [6, 6.07) is 18.1. The molecular formula is C23H27N3OS. The molecule has 1 aliphatic rings. The first-order valence-corrected chi connectivity index (χ1v) is 10.7. The van der Waals surface area contributed by atoms with E-state index >= 15 is 0 Å². The van der Waals surface area contributed by atoms with Crippen molar-refractivity contribution in [3.63, 3.8) is 0 Å². The van der Waals surface area contributed by atoms with Crippen LogP contribution in [0.1, 0.15) is 44.4 Å². The molecule has 0 bridgehead atoms. The topological polar surface area (TPSA) is 47.3 Å². The molecule has 146 valence electrons. The molecule has 0 aromatic heterocycles. The van der Waals surface area contributed by atoms with Gasteiger partial charge in [-0.15, -0.1) is 11.8 Å². The van der Waals surface area contributed by atoms with Gasteiger partial charge in [-0.2, -0.15) is 5.26 Å². The maximum absolute atomic E-state index is 13.3. The largest absolute Gasteiger partial charge is 0.310 e. The SMILES string of the molecule is CCN(CC(=O)N1CCC(C)Sc2ccccc21)C(C)c1ccc(C#N)cc1. The van der Waals surface area contributed by atoms with Crippen molar-refractivity contribution in [2.75, 3.05) is 24.5 Å². The number of nitrogens with zero attached hydrogens (tertiary/aromatic N) is 3. The third-order valence-corrected chi connectivity index (χ3v) is 6.60. The minimum atomic E-state index is 0.109. The van der Waals surface area contributed by atoms with Crippen LogP contribution in [-0.4, -0.2) is 35.7 Å². The molecule has 2 aromatic rings. The van der Waals surface area contributed by atoms with Crippen molar-refractivity contribution in [3.8, 4) is 6.07 Å². The monoisotopic (exact) mass is 393 g/mol. The van der Waals surface area contributed by atoms with E-state index in [-0.39, 0.29) is 11.9 Å². The lowest BCUT2D eigenvalue weighted by Crippen LogP contribution is -2.42. The number of para-hydroxylation sites is 1. The van der Waals surface area contributed by atoms with E-state index in [4.69, 9.17) is 5.26 Å². The van der Waals surface area contributed by atoms with Crippen molar-refractivity contribution >= 4 is 23.4 Å². The van der Waals surface area contributed by atoms with Crippen LogP contribution < -0.4 is 4.90 Å². The molecule has 0 saturated heterocycles. The number of rotatable bonds is 5. The van der Waals surface area contributed by atoms with Crippen LogP contribution in [0.15, 0.2) is 53.4 Å². The molecule has 2 atom stereocenters. The summed E-state index contributed by atoms with van der Waals surface area (Å²) in [5, 5.41) is 9.49. The fourth-order valence-electron chi connectivity index (χ4n) is 3.57. The van der Waals surface area contributed by atoms with Crippen molar-refractivity contribution in [1.29, 1.82) is 5.26 Å². The minimum Gasteiger partial charge on any atom is -0.310 e. The van der Waals surface area contributed by atoms with Crippen molar-refractivity contribution in [2.24, 2.45) is 0 Å². The zero-order valence-electron chi connectivity index (χ0n) is 16.8. The number of likely N-dealkylation sites (N-methyl/N-ethyl adjacent to an activating group) is 1. The summed E-state index contributed by atoms with van der Waals surface area (Å²) < 4.78 is 0. The second-order valence-electron chi connectivity index (χ2n) is 7.20. The Kier molecular flexibility index (Phi) is 6.77. The molecule has 1 amide bonds. The van der Waals surface area contributed by atoms with E-state index in [0.717, 1.165) is 30.8 Å². The van der Waals surface area contributed by atoms with Crippen LogP contribution in [-0.2, 0) is 4.79 Å². The Balaban J connectivity index is 1.77. The quantitative estimate of drug-likeness (QED) is 0.728. The lowest BCUT2D eigenvalue weighted by molar-refractivity contribution is -0.120. The minimum absolute atomic E-state index is 0.109. The number of carbonyl (C=O) groups is 1. The van der Waals surface area contributed by atoms with Gasteiger partial charge in [0.05, 0.1) is 23.9 Å². The van der Waals surface area contributed by atoms with E-state index in [2.05, 4.69) is 43.9 Å². The highest BCUT2D eigenvalue weighted by atomic mass is 32.2. The standard InChI is InChI=1S/C23H27N3OS/c1-4-25(18(3)20-11-9-19(15-24)10-12-20)16-23(27)26-14-13-17(2)28-22-8-6-5-7-21(22)26/h5-12,17-18H,4,13-14,16H2,1-3H3. The van der Waals surface area contributed by atoms with Gasteiger partial charge in [0.15, 0.2) is 0 Å². The van der Waals surface area contributed by atoms with Gasteiger partial charge in [0, 0.05) is 22.7 Å². The van der Waals surface area contributed by atoms with Gasteiger partial charge < -0.3 is 4.90 Å². The molecule has 2 unspecified atom stereocenters. The number of nitriles is 1. The van der Waals surface area contributed by atoms with Gasteiger partial charge in [-0.05, 0) is 49.7 Å². The van der Waals surface area contributed by atoms with Gasteiger partial charge >= 0.3 is 0 Å². The maximum atomic E-state index is 13.3. The van der Waals surface area contributed by atoms with Crippen molar-refractivity contribution in [2.45, 2.75) is 43.4 Å². The third kappa shape index (κ3) is 4.57. The van der Waals surface area contributed by atoms with E-state index in [9.17, 15) is 4.79 Å². The molecule has 0 spiro atoms. The van der Waals surface area contributed by atoms with Gasteiger partial charge in [0.2, 0.25) is 5.91 Å². The van der Waals surface area contributed by atoms with Crippen LogP contribution in [0.5, 0.6) is 0 Å². The predicted molar refractivity (Wildman–Crippen MR) is 116 cm³/mol. The highest BCUT2D eigenvalue weighted by Gasteiger charge is 2.26. The van der Waals surface area contributed by atoms with Crippen molar-refractivity contribution in [1.82, 2.24) is 4.90 Å². The van der Waals surface area contributed by atoms with Gasteiger partial charge in [-0.3, -0.25) is 9.69 Å². The summed E-state index contributed by atoms with van der Waals surface area (Å²) in [6.07, 6.45) is 0.988. The van der Waals surface area contributed by atoms with Gasteiger partial charge in [0.25, 0.3) is 0 Å². The molecule has 5 heteroatoms. The number of hydrogen-bond donors (Lipinski definition) is 0. The molecule has 28 heavy (non-hydrogen) atoms.